The Morgan fingerprint density at radius 3 is 2.95 bits per heavy atom. The van der Waals surface area contributed by atoms with Gasteiger partial charge in [0.2, 0.25) is 5.91 Å². The van der Waals surface area contributed by atoms with Crippen LogP contribution in [0.5, 0.6) is 0 Å². The third-order valence-corrected chi connectivity index (χ3v) is 3.76. The van der Waals surface area contributed by atoms with Gasteiger partial charge in [-0.3, -0.25) is 4.79 Å². The fraction of sp³-hybridized carbons (Fsp3) is 0.533. The highest BCUT2D eigenvalue weighted by Crippen LogP contribution is 2.29. The minimum absolute atomic E-state index is 0.116. The number of nitrogens with zero attached hydrogens (tertiary/aromatic N) is 1. The van der Waals surface area contributed by atoms with Crippen molar-refractivity contribution >= 4 is 17.3 Å². The van der Waals surface area contributed by atoms with E-state index in [0.717, 1.165) is 25.1 Å². The first-order chi connectivity index (χ1) is 8.94. The molecule has 0 saturated heterocycles. The Balaban J connectivity index is 2.12. The summed E-state index contributed by atoms with van der Waals surface area (Å²) in [7, 11) is 2.07. The smallest absolute Gasteiger partial charge is 0.244 e. The van der Waals surface area contributed by atoms with Crippen molar-refractivity contribution in [3.05, 3.63) is 23.8 Å². The van der Waals surface area contributed by atoms with Gasteiger partial charge in [-0.25, -0.2) is 0 Å². The highest BCUT2D eigenvalue weighted by molar-refractivity contribution is 5.98. The summed E-state index contributed by atoms with van der Waals surface area (Å²) in [5.41, 5.74) is 8.59. The van der Waals surface area contributed by atoms with Gasteiger partial charge in [0.1, 0.15) is 0 Å². The number of rotatable bonds is 4. The average Bonchev–Trinajstić information content (AvgIpc) is 2.71. The van der Waals surface area contributed by atoms with Crippen LogP contribution >= 0.6 is 0 Å². The Labute approximate surface area is 115 Å². The van der Waals surface area contributed by atoms with E-state index < -0.39 is 5.54 Å². The van der Waals surface area contributed by atoms with Crippen LogP contribution in [0.4, 0.5) is 11.4 Å². The van der Waals surface area contributed by atoms with Crippen molar-refractivity contribution in [3.63, 3.8) is 0 Å². The molecular weight excluding hydrogens is 238 g/mol. The van der Waals surface area contributed by atoms with Crippen molar-refractivity contribution in [3.8, 4) is 0 Å². The number of hydrogen-bond donors (Lipinski definition) is 2. The maximum atomic E-state index is 12.2. The molecule has 1 atom stereocenters. The third kappa shape index (κ3) is 2.89. The van der Waals surface area contributed by atoms with Gasteiger partial charge in [-0.15, -0.1) is 0 Å². The van der Waals surface area contributed by atoms with Gasteiger partial charge in [-0.1, -0.05) is 19.4 Å². The second kappa shape index (κ2) is 5.21. The van der Waals surface area contributed by atoms with E-state index in [1.807, 2.05) is 19.1 Å². The summed E-state index contributed by atoms with van der Waals surface area (Å²) >= 11 is 0. The van der Waals surface area contributed by atoms with Gasteiger partial charge in [0.05, 0.1) is 5.54 Å². The number of amides is 1. The molecule has 1 aliphatic heterocycles. The third-order valence-electron chi connectivity index (χ3n) is 3.76. The molecule has 0 aliphatic carbocycles. The molecular formula is C15H23N3O. The second-order valence-electron chi connectivity index (χ2n) is 5.64. The average molecular weight is 261 g/mol. The van der Waals surface area contributed by atoms with Crippen LogP contribution < -0.4 is 16.0 Å². The lowest BCUT2D eigenvalue weighted by molar-refractivity contribution is -0.120. The van der Waals surface area contributed by atoms with Crippen LogP contribution in [0, 0.1) is 0 Å². The number of fused-ring (bicyclic) bond motifs is 1. The normalized spacial score (nSPS) is 16.9. The Kier molecular flexibility index (Phi) is 3.80. The van der Waals surface area contributed by atoms with E-state index in [4.69, 9.17) is 5.73 Å². The summed E-state index contributed by atoms with van der Waals surface area (Å²) in [5.74, 6) is -0.116. The van der Waals surface area contributed by atoms with E-state index in [1.165, 1.54) is 11.3 Å². The van der Waals surface area contributed by atoms with Gasteiger partial charge in [-0.2, -0.15) is 0 Å². The first-order valence-electron chi connectivity index (χ1n) is 6.88. The number of carbonyl (C=O) groups excluding carboxylic acids is 1. The summed E-state index contributed by atoms with van der Waals surface area (Å²) in [6, 6.07) is 6.07. The molecule has 0 bridgehead atoms. The minimum Gasteiger partial charge on any atom is -0.374 e. The quantitative estimate of drug-likeness (QED) is 0.873. The van der Waals surface area contributed by atoms with E-state index in [2.05, 4.69) is 23.3 Å². The zero-order valence-electron chi connectivity index (χ0n) is 12.0. The van der Waals surface area contributed by atoms with Crippen LogP contribution in [0.25, 0.3) is 0 Å². The van der Waals surface area contributed by atoms with E-state index >= 15 is 0 Å². The summed E-state index contributed by atoms with van der Waals surface area (Å²) in [6.07, 6.45) is 2.65. The monoisotopic (exact) mass is 261 g/mol. The molecule has 1 unspecified atom stereocenters. The molecule has 104 valence electrons. The fourth-order valence-electron chi connectivity index (χ4n) is 2.52. The summed E-state index contributed by atoms with van der Waals surface area (Å²) in [4.78, 5) is 14.4. The van der Waals surface area contributed by atoms with Crippen molar-refractivity contribution in [2.24, 2.45) is 5.73 Å². The van der Waals surface area contributed by atoms with Crippen molar-refractivity contribution in [1.29, 1.82) is 0 Å². The zero-order chi connectivity index (χ0) is 14.0. The molecule has 4 nitrogen and oxygen atoms in total. The number of likely N-dealkylation sites (N-methyl/N-ethyl adjacent to an activating group) is 1. The molecule has 0 spiro atoms. The molecule has 0 fully saturated rings. The fourth-order valence-corrected chi connectivity index (χ4v) is 2.52. The molecule has 19 heavy (non-hydrogen) atoms. The molecule has 0 radical (unpaired) electrons. The van der Waals surface area contributed by atoms with Crippen molar-refractivity contribution in [2.45, 2.75) is 38.6 Å². The van der Waals surface area contributed by atoms with E-state index in [0.29, 0.717) is 6.42 Å². The largest absolute Gasteiger partial charge is 0.374 e. The number of nitrogens with two attached hydrogens (primary N) is 1. The van der Waals surface area contributed by atoms with Gasteiger partial charge in [0, 0.05) is 25.0 Å². The second-order valence-corrected chi connectivity index (χ2v) is 5.64. The molecule has 1 amide bonds. The van der Waals surface area contributed by atoms with E-state index in [1.54, 1.807) is 6.92 Å². The molecule has 3 N–H and O–H groups in total. The number of hydrogen-bond acceptors (Lipinski definition) is 3. The lowest BCUT2D eigenvalue weighted by atomic mass is 9.96. The van der Waals surface area contributed by atoms with Gasteiger partial charge in [0.25, 0.3) is 0 Å². The van der Waals surface area contributed by atoms with Crippen LogP contribution in [0.15, 0.2) is 18.2 Å². The van der Waals surface area contributed by atoms with Crippen LogP contribution in [0.1, 0.15) is 32.3 Å². The standard InChI is InChI=1S/C15H23N3O/c1-4-8-15(2,16)14(19)17-12-6-5-11-7-9-18(3)13(11)10-12/h5-6,10H,4,7-9,16H2,1-3H3,(H,17,19). The lowest BCUT2D eigenvalue weighted by Gasteiger charge is -2.23. The first kappa shape index (κ1) is 13.9. The number of carbonyl (C=O) groups is 1. The van der Waals surface area contributed by atoms with Crippen molar-refractivity contribution in [1.82, 2.24) is 0 Å². The minimum atomic E-state index is -0.806. The summed E-state index contributed by atoms with van der Waals surface area (Å²) in [5, 5.41) is 2.93. The molecule has 0 saturated carbocycles. The van der Waals surface area contributed by atoms with E-state index in [9.17, 15) is 4.79 Å². The van der Waals surface area contributed by atoms with Gasteiger partial charge in [0.15, 0.2) is 0 Å². The van der Waals surface area contributed by atoms with Crippen LogP contribution in [0.3, 0.4) is 0 Å². The predicted molar refractivity (Wildman–Crippen MR) is 79.5 cm³/mol. The topological polar surface area (TPSA) is 58.4 Å². The molecule has 1 aromatic rings. The molecule has 1 heterocycles. The Bertz CT molecular complexity index is 482. The highest BCUT2D eigenvalue weighted by atomic mass is 16.2. The summed E-state index contributed by atoms with van der Waals surface area (Å²) < 4.78 is 0. The predicted octanol–water partition coefficient (Wildman–Crippen LogP) is 2.13. The molecule has 2 rings (SSSR count). The number of anilines is 2. The number of nitrogens with one attached hydrogen (secondary N) is 1. The van der Waals surface area contributed by atoms with E-state index in [-0.39, 0.29) is 5.91 Å². The molecule has 0 aromatic heterocycles. The molecule has 4 heteroatoms. The first-order valence-corrected chi connectivity index (χ1v) is 6.88. The van der Waals surface area contributed by atoms with Crippen LogP contribution in [-0.4, -0.2) is 25.0 Å². The van der Waals surface area contributed by atoms with Gasteiger partial charge >= 0.3 is 0 Å². The van der Waals surface area contributed by atoms with Crippen molar-refractivity contribution < 1.29 is 4.79 Å². The Hall–Kier alpha value is -1.55. The maximum Gasteiger partial charge on any atom is 0.244 e. The Morgan fingerprint density at radius 2 is 2.26 bits per heavy atom. The Morgan fingerprint density at radius 1 is 1.53 bits per heavy atom. The van der Waals surface area contributed by atoms with Crippen LogP contribution in [0.2, 0.25) is 0 Å². The SMILES string of the molecule is CCCC(C)(N)C(=O)Nc1ccc2c(c1)N(C)CC2. The maximum absolute atomic E-state index is 12.2. The van der Waals surface area contributed by atoms with Crippen molar-refractivity contribution in [2.75, 3.05) is 23.8 Å². The molecule has 1 aliphatic rings. The lowest BCUT2D eigenvalue weighted by Crippen LogP contribution is -2.48. The van der Waals surface area contributed by atoms with Gasteiger partial charge < -0.3 is 16.0 Å². The number of benzene rings is 1. The zero-order valence-corrected chi connectivity index (χ0v) is 12.0. The summed E-state index contributed by atoms with van der Waals surface area (Å²) in [6.45, 7) is 4.85. The highest BCUT2D eigenvalue weighted by Gasteiger charge is 2.27. The van der Waals surface area contributed by atoms with Crippen LogP contribution in [-0.2, 0) is 11.2 Å². The molecule has 1 aromatic carbocycles. The van der Waals surface area contributed by atoms with Gasteiger partial charge in [-0.05, 0) is 37.5 Å².